The maximum absolute atomic E-state index is 13.1. The molecule has 1 aliphatic rings. The van der Waals surface area contributed by atoms with E-state index in [1.54, 1.807) is 53.3 Å². The Labute approximate surface area is 239 Å². The summed E-state index contributed by atoms with van der Waals surface area (Å²) < 4.78 is 34.1. The van der Waals surface area contributed by atoms with Gasteiger partial charge in [0.25, 0.3) is 5.56 Å². The molecule has 1 aliphatic heterocycles. The number of ether oxygens (including phenoxy) is 1. The summed E-state index contributed by atoms with van der Waals surface area (Å²) in [4.78, 5) is 37.6. The molecule has 2 aromatic carbocycles. The fraction of sp³-hybridized carbons (Fsp3) is 0.345. The third-order valence-corrected chi connectivity index (χ3v) is 7.44. The summed E-state index contributed by atoms with van der Waals surface area (Å²) >= 11 is 0. The Hall–Kier alpha value is -4.83. The van der Waals surface area contributed by atoms with Gasteiger partial charge < -0.3 is 19.6 Å². The van der Waals surface area contributed by atoms with Crippen molar-refractivity contribution in [1.29, 1.82) is 5.26 Å². The largest absolute Gasteiger partial charge is 0.434 e. The summed E-state index contributed by atoms with van der Waals surface area (Å²) in [5, 5.41) is 18.7. The molecule has 11 nitrogen and oxygen atoms in total. The first-order valence-electron chi connectivity index (χ1n) is 13.3. The zero-order valence-electron chi connectivity index (χ0n) is 23.1. The summed E-state index contributed by atoms with van der Waals surface area (Å²) in [5.41, 5.74) is 2.84. The number of halogens is 2. The zero-order valence-corrected chi connectivity index (χ0v) is 23.1. The Morgan fingerprint density at radius 3 is 2.60 bits per heavy atom. The number of piperazine rings is 1. The lowest BCUT2D eigenvalue weighted by Crippen LogP contribution is -2.55. The Balaban J connectivity index is 1.44. The topological polar surface area (TPSA) is 130 Å². The number of amides is 1. The molecule has 13 heteroatoms. The number of hydrogen-bond donors (Lipinski definition) is 1. The number of nitriles is 1. The lowest BCUT2D eigenvalue weighted by molar-refractivity contribution is -0.136. The van der Waals surface area contributed by atoms with E-state index in [9.17, 15) is 23.5 Å². The Morgan fingerprint density at radius 1 is 1.17 bits per heavy atom. The van der Waals surface area contributed by atoms with E-state index < -0.39 is 13.2 Å². The lowest BCUT2D eigenvalue weighted by atomic mass is 10.1. The standard InChI is InChI=1S/C29H29F2N7O4/c1-18-15-36(9-10-37(18)26(40)17-39)29-33-13-22(14-34-29)20-4-5-23-24(12-20)38(35(2)27(23)41)16-21-11-19(7-8-32)3-6-25(21)42-28(30)31/h3-6,11-14,18,28,39H,7,9-10,15-17H2,1-2H3/t18-/m1/s1. The molecule has 1 amide bonds. The number of carbonyl (C=O) groups is 1. The van der Waals surface area contributed by atoms with Crippen LogP contribution in [-0.4, -0.2) is 74.1 Å². The number of benzene rings is 2. The van der Waals surface area contributed by atoms with Crippen LogP contribution in [0.1, 0.15) is 18.1 Å². The molecule has 3 heterocycles. The molecule has 2 aromatic heterocycles. The predicted octanol–water partition coefficient (Wildman–Crippen LogP) is 2.54. The van der Waals surface area contributed by atoms with Crippen molar-refractivity contribution in [3.8, 4) is 22.9 Å². The van der Waals surface area contributed by atoms with Crippen LogP contribution in [-0.2, 0) is 24.8 Å². The average Bonchev–Trinajstić information content (AvgIpc) is 3.22. The minimum Gasteiger partial charge on any atom is -0.434 e. The van der Waals surface area contributed by atoms with Gasteiger partial charge in [0.2, 0.25) is 11.9 Å². The molecule has 0 radical (unpaired) electrons. The number of aliphatic hydroxyl groups is 1. The number of anilines is 1. The fourth-order valence-electron chi connectivity index (χ4n) is 5.31. The van der Waals surface area contributed by atoms with Gasteiger partial charge in [-0.1, -0.05) is 12.1 Å². The molecule has 42 heavy (non-hydrogen) atoms. The molecule has 1 saturated heterocycles. The van der Waals surface area contributed by atoms with Crippen LogP contribution in [0.4, 0.5) is 14.7 Å². The number of carbonyl (C=O) groups excluding carboxylic acids is 1. The second-order valence-corrected chi connectivity index (χ2v) is 10.1. The highest BCUT2D eigenvalue weighted by molar-refractivity contribution is 5.84. The second-order valence-electron chi connectivity index (χ2n) is 10.1. The third-order valence-electron chi connectivity index (χ3n) is 7.44. The van der Waals surface area contributed by atoms with Gasteiger partial charge in [0.05, 0.1) is 29.9 Å². The van der Waals surface area contributed by atoms with Crippen LogP contribution in [0.3, 0.4) is 0 Å². The van der Waals surface area contributed by atoms with E-state index in [2.05, 4.69) is 16.0 Å². The lowest BCUT2D eigenvalue weighted by Gasteiger charge is -2.39. The van der Waals surface area contributed by atoms with Crippen molar-refractivity contribution in [3.63, 3.8) is 0 Å². The highest BCUT2D eigenvalue weighted by Gasteiger charge is 2.28. The molecule has 5 rings (SSSR count). The van der Waals surface area contributed by atoms with Gasteiger partial charge in [-0.25, -0.2) is 9.97 Å². The quantitative estimate of drug-likeness (QED) is 0.338. The Kier molecular flexibility index (Phi) is 8.17. The van der Waals surface area contributed by atoms with E-state index in [4.69, 9.17) is 10.00 Å². The van der Waals surface area contributed by atoms with E-state index in [0.29, 0.717) is 53.2 Å². The molecule has 0 spiro atoms. The van der Waals surface area contributed by atoms with Crippen molar-refractivity contribution in [2.45, 2.75) is 32.5 Å². The molecule has 0 bridgehead atoms. The monoisotopic (exact) mass is 577 g/mol. The molecule has 1 atom stereocenters. The number of rotatable bonds is 8. The van der Waals surface area contributed by atoms with Crippen molar-refractivity contribution >= 4 is 22.8 Å². The fourth-order valence-corrected chi connectivity index (χ4v) is 5.31. The molecular weight excluding hydrogens is 548 g/mol. The van der Waals surface area contributed by atoms with Gasteiger partial charge in [0.15, 0.2) is 0 Å². The molecule has 0 saturated carbocycles. The molecule has 4 aromatic rings. The van der Waals surface area contributed by atoms with Crippen LogP contribution in [0.15, 0.2) is 53.6 Å². The van der Waals surface area contributed by atoms with Crippen molar-refractivity contribution < 1.29 is 23.4 Å². The van der Waals surface area contributed by atoms with Crippen LogP contribution in [0, 0.1) is 11.3 Å². The summed E-state index contributed by atoms with van der Waals surface area (Å²) in [7, 11) is 1.60. The highest BCUT2D eigenvalue weighted by Crippen LogP contribution is 2.28. The van der Waals surface area contributed by atoms with Crippen LogP contribution >= 0.6 is 0 Å². The van der Waals surface area contributed by atoms with Crippen molar-refractivity contribution in [2.75, 3.05) is 31.1 Å². The zero-order chi connectivity index (χ0) is 30.0. The van der Waals surface area contributed by atoms with Gasteiger partial charge in [-0.3, -0.25) is 19.0 Å². The first-order valence-corrected chi connectivity index (χ1v) is 13.3. The first-order chi connectivity index (χ1) is 20.2. The van der Waals surface area contributed by atoms with E-state index in [1.807, 2.05) is 17.9 Å². The number of aromatic nitrogens is 4. The number of hydrogen-bond acceptors (Lipinski definition) is 8. The minimum absolute atomic E-state index is 0.0305. The third kappa shape index (κ3) is 5.66. The predicted molar refractivity (Wildman–Crippen MR) is 150 cm³/mol. The maximum Gasteiger partial charge on any atom is 0.387 e. The average molecular weight is 578 g/mol. The smallest absolute Gasteiger partial charge is 0.387 e. The highest BCUT2D eigenvalue weighted by atomic mass is 19.3. The molecular formula is C29H29F2N7O4. The summed E-state index contributed by atoms with van der Waals surface area (Å²) in [6.07, 6.45) is 3.47. The number of alkyl halides is 2. The normalized spacial score (nSPS) is 15.3. The van der Waals surface area contributed by atoms with Gasteiger partial charge in [-0.15, -0.1) is 0 Å². The molecule has 1 N–H and O–H groups in total. The Bertz CT molecular complexity index is 1710. The van der Waals surface area contributed by atoms with Gasteiger partial charge in [0, 0.05) is 56.2 Å². The van der Waals surface area contributed by atoms with Gasteiger partial charge >= 0.3 is 6.61 Å². The second kappa shape index (κ2) is 12.0. The SMILES string of the molecule is C[C@@H]1CN(c2ncc(-c3ccc4c(=O)n(C)n(Cc5cc(CC#N)ccc5OC(F)F)c4c3)cn2)CCN1C(=O)CO. The molecule has 1 fully saturated rings. The van der Waals surface area contributed by atoms with Crippen LogP contribution in [0.2, 0.25) is 0 Å². The number of aliphatic hydroxyl groups excluding tert-OH is 1. The maximum atomic E-state index is 13.1. The molecule has 218 valence electrons. The van der Waals surface area contributed by atoms with E-state index in [1.165, 1.54) is 10.7 Å². The van der Waals surface area contributed by atoms with Gasteiger partial charge in [-0.2, -0.15) is 14.0 Å². The number of nitrogens with zero attached hydrogens (tertiary/aromatic N) is 7. The van der Waals surface area contributed by atoms with Gasteiger partial charge in [-0.05, 0) is 42.3 Å². The molecule has 0 unspecified atom stereocenters. The summed E-state index contributed by atoms with van der Waals surface area (Å²) in [6.45, 7) is -0.0701. The van der Waals surface area contributed by atoms with Crippen LogP contribution < -0.4 is 15.2 Å². The summed E-state index contributed by atoms with van der Waals surface area (Å²) in [6, 6.07) is 11.9. The van der Waals surface area contributed by atoms with Crippen LogP contribution in [0.25, 0.3) is 22.0 Å². The van der Waals surface area contributed by atoms with E-state index in [0.717, 1.165) is 5.56 Å². The van der Waals surface area contributed by atoms with Crippen molar-refractivity contribution in [2.24, 2.45) is 7.05 Å². The molecule has 0 aliphatic carbocycles. The van der Waals surface area contributed by atoms with Crippen molar-refractivity contribution in [3.05, 3.63) is 70.3 Å². The Morgan fingerprint density at radius 2 is 1.93 bits per heavy atom. The van der Waals surface area contributed by atoms with Crippen molar-refractivity contribution in [1.82, 2.24) is 24.2 Å². The first kappa shape index (κ1) is 28.7. The summed E-state index contributed by atoms with van der Waals surface area (Å²) in [5.74, 6) is 0.182. The van der Waals surface area contributed by atoms with Crippen LogP contribution in [0.5, 0.6) is 5.75 Å². The van der Waals surface area contributed by atoms with E-state index >= 15 is 0 Å². The minimum atomic E-state index is -3.03. The van der Waals surface area contributed by atoms with Gasteiger partial charge in [0.1, 0.15) is 12.4 Å². The van der Waals surface area contributed by atoms with E-state index in [-0.39, 0.29) is 36.2 Å². The number of fused-ring (bicyclic) bond motifs is 1.